The number of carbonyl (C=O) groups excluding carboxylic acids is 2. The number of nitrogens with one attached hydrogen (secondary N) is 2. The summed E-state index contributed by atoms with van der Waals surface area (Å²) in [5, 5.41) is 6.14. The van der Waals surface area contributed by atoms with Gasteiger partial charge in [0.25, 0.3) is 0 Å². The van der Waals surface area contributed by atoms with E-state index in [4.69, 9.17) is 4.74 Å². The van der Waals surface area contributed by atoms with Crippen molar-refractivity contribution in [2.24, 2.45) is 5.92 Å². The molecule has 0 atom stereocenters. The van der Waals surface area contributed by atoms with Gasteiger partial charge in [0.05, 0.1) is 0 Å². The Morgan fingerprint density at radius 3 is 2.75 bits per heavy atom. The van der Waals surface area contributed by atoms with Crippen LogP contribution >= 0.6 is 0 Å². The normalized spacial score (nSPS) is 15.2. The molecule has 1 aromatic heterocycles. The first-order valence-electron chi connectivity index (χ1n) is 8.31. The van der Waals surface area contributed by atoms with E-state index in [0.29, 0.717) is 39.0 Å². The monoisotopic (exact) mass is 334 g/mol. The maximum Gasteiger partial charge on any atom is 0.248 e. The van der Waals surface area contributed by atoms with Crippen LogP contribution in [-0.4, -0.2) is 61.6 Å². The minimum absolute atomic E-state index is 0.00814. The van der Waals surface area contributed by atoms with Gasteiger partial charge < -0.3 is 20.3 Å². The molecule has 132 valence electrons. The van der Waals surface area contributed by atoms with Gasteiger partial charge in [-0.3, -0.25) is 9.59 Å². The fraction of sp³-hybridized carbons (Fsp3) is 0.588. The molecular weight excluding hydrogens is 308 g/mol. The van der Waals surface area contributed by atoms with Crippen molar-refractivity contribution in [2.75, 3.05) is 45.2 Å². The Bertz CT molecular complexity index is 557. The quantitative estimate of drug-likeness (QED) is 0.721. The number of rotatable bonds is 7. The highest BCUT2D eigenvalue weighted by Gasteiger charge is 2.26. The molecular formula is C17H26N4O3. The van der Waals surface area contributed by atoms with Gasteiger partial charge in [-0.2, -0.15) is 0 Å². The maximum absolute atomic E-state index is 12.2. The van der Waals surface area contributed by atoms with Crippen LogP contribution in [0.1, 0.15) is 18.4 Å². The van der Waals surface area contributed by atoms with Crippen LogP contribution in [-0.2, 0) is 14.3 Å². The Balaban J connectivity index is 1.64. The van der Waals surface area contributed by atoms with Crippen molar-refractivity contribution in [3.05, 3.63) is 23.9 Å². The number of anilines is 1. The Morgan fingerprint density at radius 1 is 1.33 bits per heavy atom. The Labute approximate surface area is 142 Å². The highest BCUT2D eigenvalue weighted by atomic mass is 16.5. The SMILES string of the molecule is COCC(=O)N1CCC(C(=O)NCCNc2cc(C)ccn2)CC1. The lowest BCUT2D eigenvalue weighted by atomic mass is 9.96. The van der Waals surface area contributed by atoms with E-state index in [-0.39, 0.29) is 24.3 Å². The molecule has 7 heteroatoms. The van der Waals surface area contributed by atoms with E-state index in [2.05, 4.69) is 15.6 Å². The predicted octanol–water partition coefficient (Wildman–Crippen LogP) is 0.803. The summed E-state index contributed by atoms with van der Waals surface area (Å²) in [6.07, 6.45) is 3.16. The summed E-state index contributed by atoms with van der Waals surface area (Å²) in [5.74, 6) is 0.849. The van der Waals surface area contributed by atoms with Crippen molar-refractivity contribution in [1.82, 2.24) is 15.2 Å². The van der Waals surface area contributed by atoms with E-state index in [1.54, 1.807) is 11.1 Å². The number of pyridine rings is 1. The van der Waals surface area contributed by atoms with Gasteiger partial charge in [0.15, 0.2) is 0 Å². The number of aryl methyl sites for hydroxylation is 1. The van der Waals surface area contributed by atoms with Crippen molar-refractivity contribution in [3.63, 3.8) is 0 Å². The van der Waals surface area contributed by atoms with Crippen molar-refractivity contribution in [3.8, 4) is 0 Å². The Morgan fingerprint density at radius 2 is 2.08 bits per heavy atom. The molecule has 1 aliphatic rings. The molecule has 2 heterocycles. The summed E-state index contributed by atoms with van der Waals surface area (Å²) in [6.45, 7) is 4.54. The second kappa shape index (κ2) is 9.22. The van der Waals surface area contributed by atoms with Crippen molar-refractivity contribution < 1.29 is 14.3 Å². The summed E-state index contributed by atoms with van der Waals surface area (Å²) in [4.78, 5) is 29.9. The van der Waals surface area contributed by atoms with Crippen molar-refractivity contribution in [2.45, 2.75) is 19.8 Å². The number of hydrogen-bond donors (Lipinski definition) is 2. The number of hydrogen-bond acceptors (Lipinski definition) is 5. The van der Waals surface area contributed by atoms with Gasteiger partial charge in [-0.05, 0) is 37.5 Å². The lowest BCUT2D eigenvalue weighted by molar-refractivity contribution is -0.138. The number of likely N-dealkylation sites (tertiary alicyclic amines) is 1. The number of piperidine rings is 1. The summed E-state index contributed by atoms with van der Waals surface area (Å²) >= 11 is 0. The number of amides is 2. The fourth-order valence-electron chi connectivity index (χ4n) is 2.76. The largest absolute Gasteiger partial charge is 0.375 e. The predicted molar refractivity (Wildman–Crippen MR) is 91.7 cm³/mol. The molecule has 0 aliphatic carbocycles. The zero-order chi connectivity index (χ0) is 17.4. The molecule has 0 aromatic carbocycles. The third-order valence-corrected chi connectivity index (χ3v) is 4.13. The maximum atomic E-state index is 12.2. The molecule has 1 aromatic rings. The summed E-state index contributed by atoms with van der Waals surface area (Å²) in [5.41, 5.74) is 1.14. The van der Waals surface area contributed by atoms with Crippen LogP contribution in [0.25, 0.3) is 0 Å². The molecule has 0 radical (unpaired) electrons. The zero-order valence-corrected chi connectivity index (χ0v) is 14.4. The number of nitrogens with zero attached hydrogens (tertiary/aromatic N) is 2. The molecule has 1 fully saturated rings. The van der Waals surface area contributed by atoms with Crippen LogP contribution < -0.4 is 10.6 Å². The second-order valence-electron chi connectivity index (χ2n) is 6.02. The van der Waals surface area contributed by atoms with Gasteiger partial charge in [-0.1, -0.05) is 0 Å². The molecule has 7 nitrogen and oxygen atoms in total. The molecule has 0 bridgehead atoms. The average Bonchev–Trinajstić information content (AvgIpc) is 2.59. The van der Waals surface area contributed by atoms with E-state index in [1.807, 2.05) is 19.1 Å². The molecule has 2 rings (SSSR count). The highest BCUT2D eigenvalue weighted by Crippen LogP contribution is 2.17. The van der Waals surface area contributed by atoms with E-state index in [9.17, 15) is 9.59 Å². The minimum atomic E-state index is -0.0197. The topological polar surface area (TPSA) is 83.6 Å². The van der Waals surface area contributed by atoms with E-state index >= 15 is 0 Å². The zero-order valence-electron chi connectivity index (χ0n) is 14.4. The van der Waals surface area contributed by atoms with Crippen LogP contribution in [0.4, 0.5) is 5.82 Å². The first-order chi connectivity index (χ1) is 11.6. The molecule has 0 saturated carbocycles. The minimum Gasteiger partial charge on any atom is -0.375 e. The molecule has 2 amide bonds. The van der Waals surface area contributed by atoms with Crippen LogP contribution in [0, 0.1) is 12.8 Å². The molecule has 0 spiro atoms. The van der Waals surface area contributed by atoms with Crippen molar-refractivity contribution in [1.29, 1.82) is 0 Å². The van der Waals surface area contributed by atoms with E-state index in [1.165, 1.54) is 7.11 Å². The molecule has 24 heavy (non-hydrogen) atoms. The fourth-order valence-corrected chi connectivity index (χ4v) is 2.76. The second-order valence-corrected chi connectivity index (χ2v) is 6.02. The Hall–Kier alpha value is -2.15. The van der Waals surface area contributed by atoms with Crippen LogP contribution in [0.5, 0.6) is 0 Å². The van der Waals surface area contributed by atoms with Crippen LogP contribution in [0.2, 0.25) is 0 Å². The van der Waals surface area contributed by atoms with Gasteiger partial charge in [0.2, 0.25) is 11.8 Å². The number of aromatic nitrogens is 1. The van der Waals surface area contributed by atoms with Crippen LogP contribution in [0.3, 0.4) is 0 Å². The van der Waals surface area contributed by atoms with E-state index < -0.39 is 0 Å². The van der Waals surface area contributed by atoms with Crippen LogP contribution in [0.15, 0.2) is 18.3 Å². The standard InChI is InChI=1S/C17H26N4O3/c1-13-3-6-18-15(11-13)19-7-8-20-17(23)14-4-9-21(10-5-14)16(22)12-24-2/h3,6,11,14H,4-5,7-10,12H2,1-2H3,(H,18,19)(H,20,23). The number of ether oxygens (including phenoxy) is 1. The van der Waals surface area contributed by atoms with Gasteiger partial charge in [-0.15, -0.1) is 0 Å². The summed E-state index contributed by atoms with van der Waals surface area (Å²) in [7, 11) is 1.51. The smallest absolute Gasteiger partial charge is 0.248 e. The molecule has 1 aliphatic heterocycles. The first kappa shape index (κ1) is 18.2. The third kappa shape index (κ3) is 5.49. The summed E-state index contributed by atoms with van der Waals surface area (Å²) < 4.78 is 4.86. The van der Waals surface area contributed by atoms with Gasteiger partial charge in [-0.25, -0.2) is 4.98 Å². The molecule has 1 saturated heterocycles. The molecule has 2 N–H and O–H groups in total. The lowest BCUT2D eigenvalue weighted by Gasteiger charge is -2.31. The molecule has 0 unspecified atom stereocenters. The number of carbonyl (C=O) groups is 2. The Kier molecular flexibility index (Phi) is 6.99. The average molecular weight is 334 g/mol. The first-order valence-corrected chi connectivity index (χ1v) is 8.31. The number of methoxy groups -OCH3 is 1. The van der Waals surface area contributed by atoms with E-state index in [0.717, 1.165) is 11.4 Å². The van der Waals surface area contributed by atoms with Gasteiger partial charge >= 0.3 is 0 Å². The van der Waals surface area contributed by atoms with Crippen molar-refractivity contribution >= 4 is 17.6 Å². The highest BCUT2D eigenvalue weighted by molar-refractivity contribution is 5.80. The summed E-state index contributed by atoms with van der Waals surface area (Å²) in [6, 6.07) is 3.91. The third-order valence-electron chi connectivity index (χ3n) is 4.13. The van der Waals surface area contributed by atoms with Gasteiger partial charge in [0, 0.05) is 45.4 Å². The van der Waals surface area contributed by atoms with Gasteiger partial charge in [0.1, 0.15) is 12.4 Å². The lowest BCUT2D eigenvalue weighted by Crippen LogP contribution is -2.44.